The third-order valence-corrected chi connectivity index (χ3v) is 10.2. The molecule has 0 unspecified atom stereocenters. The van der Waals surface area contributed by atoms with Crippen LogP contribution in [0.2, 0.25) is 0 Å². The number of aromatic nitrogens is 2. The van der Waals surface area contributed by atoms with Crippen molar-refractivity contribution in [3.8, 4) is 11.8 Å². The van der Waals surface area contributed by atoms with E-state index in [1.807, 2.05) is 20.8 Å². The van der Waals surface area contributed by atoms with Gasteiger partial charge in [-0.3, -0.25) is 4.79 Å². The third-order valence-electron chi connectivity index (χ3n) is 7.40. The second-order valence-electron chi connectivity index (χ2n) is 11.8. The Morgan fingerprint density at radius 3 is 2.31 bits per heavy atom. The van der Waals surface area contributed by atoms with Crippen LogP contribution in [-0.4, -0.2) is 58.4 Å². The SMILES string of the molecule is CC1CCC(C(=O)N(c2cc(C#CC(C)(C)C)sc2C(=O)O)C2CCN(S(=O)(=O)c3cn(C)cn3)CC2)CC1. The van der Waals surface area contributed by atoms with Gasteiger partial charge < -0.3 is 14.6 Å². The molecule has 4 rings (SSSR count). The first-order chi connectivity index (χ1) is 18.3. The zero-order valence-corrected chi connectivity index (χ0v) is 24.9. The maximum atomic E-state index is 14.1. The molecular formula is C28H38N4O5S2. The lowest BCUT2D eigenvalue weighted by Gasteiger charge is -2.40. The number of hydrogen-bond acceptors (Lipinski definition) is 6. The molecule has 1 amide bonds. The Kier molecular flexibility index (Phi) is 8.59. The van der Waals surface area contributed by atoms with Crippen LogP contribution in [0, 0.1) is 29.1 Å². The largest absolute Gasteiger partial charge is 0.477 e. The number of aryl methyl sites for hydroxylation is 1. The summed E-state index contributed by atoms with van der Waals surface area (Å²) in [6, 6.07) is 1.41. The smallest absolute Gasteiger partial charge is 0.348 e. The topological polar surface area (TPSA) is 113 Å². The number of carboxylic acids is 1. The average molecular weight is 575 g/mol. The van der Waals surface area contributed by atoms with Crippen LogP contribution in [0.15, 0.2) is 23.6 Å². The van der Waals surface area contributed by atoms with Crippen LogP contribution in [0.4, 0.5) is 5.69 Å². The van der Waals surface area contributed by atoms with Crippen molar-refractivity contribution in [3.63, 3.8) is 0 Å². The molecule has 0 atom stereocenters. The summed E-state index contributed by atoms with van der Waals surface area (Å²) >= 11 is 1.09. The molecule has 1 aliphatic heterocycles. The minimum Gasteiger partial charge on any atom is -0.477 e. The number of sulfonamides is 1. The van der Waals surface area contributed by atoms with Gasteiger partial charge in [-0.05, 0) is 71.3 Å². The van der Waals surface area contributed by atoms with E-state index in [4.69, 9.17) is 0 Å². The van der Waals surface area contributed by atoms with E-state index in [1.165, 1.54) is 16.8 Å². The summed E-state index contributed by atoms with van der Waals surface area (Å²) in [4.78, 5) is 32.8. The number of rotatable bonds is 6. The summed E-state index contributed by atoms with van der Waals surface area (Å²) < 4.78 is 29.3. The Balaban J connectivity index is 1.66. The number of carboxylic acid groups (broad SMARTS) is 1. The fraction of sp³-hybridized carbons (Fsp3) is 0.607. The van der Waals surface area contributed by atoms with E-state index in [-0.39, 0.29) is 46.3 Å². The van der Waals surface area contributed by atoms with E-state index in [0.717, 1.165) is 37.0 Å². The number of thiophene rings is 1. The Morgan fingerprint density at radius 1 is 1.13 bits per heavy atom. The van der Waals surface area contributed by atoms with Gasteiger partial charge in [-0.25, -0.2) is 18.2 Å². The third kappa shape index (κ3) is 6.73. The van der Waals surface area contributed by atoms with Gasteiger partial charge in [0.15, 0.2) is 5.03 Å². The van der Waals surface area contributed by atoms with Crippen LogP contribution in [0.25, 0.3) is 0 Å². The minimum atomic E-state index is -3.75. The zero-order chi connectivity index (χ0) is 28.5. The lowest BCUT2D eigenvalue weighted by Crippen LogP contribution is -2.51. The number of anilines is 1. The number of piperidine rings is 1. The van der Waals surface area contributed by atoms with Gasteiger partial charge in [0.25, 0.3) is 10.0 Å². The molecule has 9 nitrogen and oxygen atoms in total. The predicted octanol–water partition coefficient (Wildman–Crippen LogP) is 4.59. The highest BCUT2D eigenvalue weighted by atomic mass is 32.2. The molecule has 2 aromatic heterocycles. The predicted molar refractivity (Wildman–Crippen MR) is 151 cm³/mol. The molecule has 1 N–H and O–H groups in total. The molecule has 0 radical (unpaired) electrons. The lowest BCUT2D eigenvalue weighted by molar-refractivity contribution is -0.124. The number of carbonyl (C=O) groups excluding carboxylic acids is 1. The van der Waals surface area contributed by atoms with Crippen molar-refractivity contribution in [2.45, 2.75) is 77.3 Å². The molecule has 2 aliphatic rings. The van der Waals surface area contributed by atoms with E-state index < -0.39 is 16.0 Å². The molecule has 2 fully saturated rings. The van der Waals surface area contributed by atoms with E-state index in [0.29, 0.717) is 29.3 Å². The number of amides is 1. The maximum Gasteiger partial charge on any atom is 0.348 e. The number of nitrogens with zero attached hydrogens (tertiary/aromatic N) is 4. The molecule has 0 aromatic carbocycles. The number of imidazole rings is 1. The van der Waals surface area contributed by atoms with Crippen molar-refractivity contribution >= 4 is 38.9 Å². The van der Waals surface area contributed by atoms with Gasteiger partial charge in [0.2, 0.25) is 5.91 Å². The van der Waals surface area contributed by atoms with Gasteiger partial charge in [0, 0.05) is 43.7 Å². The molecule has 11 heteroatoms. The van der Waals surface area contributed by atoms with Gasteiger partial charge in [0.1, 0.15) is 4.88 Å². The molecule has 2 aromatic rings. The Bertz CT molecular complexity index is 1380. The van der Waals surface area contributed by atoms with Gasteiger partial charge in [-0.2, -0.15) is 4.31 Å². The summed E-state index contributed by atoms with van der Waals surface area (Å²) in [5.74, 6) is 5.49. The standard InChI is InChI=1S/C28H38N4O5S2/c1-19-6-8-20(9-7-19)26(33)32(23-16-22(10-13-28(2,3)4)38-25(23)27(34)35)21-11-14-31(15-12-21)39(36,37)24-17-30(5)18-29-24/h16-21H,6-9,11-12,14-15H2,1-5H3,(H,34,35). The zero-order valence-electron chi connectivity index (χ0n) is 23.3. The van der Waals surface area contributed by atoms with Crippen LogP contribution in [0.5, 0.6) is 0 Å². The summed E-state index contributed by atoms with van der Waals surface area (Å²) in [5.41, 5.74) is 0.119. The van der Waals surface area contributed by atoms with Crippen LogP contribution in [0.1, 0.15) is 80.8 Å². The summed E-state index contributed by atoms with van der Waals surface area (Å²) in [7, 11) is -2.04. The van der Waals surface area contributed by atoms with E-state index in [2.05, 4.69) is 23.7 Å². The highest BCUT2D eigenvalue weighted by Crippen LogP contribution is 2.38. The van der Waals surface area contributed by atoms with E-state index >= 15 is 0 Å². The average Bonchev–Trinajstić information content (AvgIpc) is 3.50. The van der Waals surface area contributed by atoms with Crippen LogP contribution in [-0.2, 0) is 21.9 Å². The molecule has 1 saturated carbocycles. The monoisotopic (exact) mass is 574 g/mol. The Hall–Kier alpha value is -2.68. The number of hydrogen-bond donors (Lipinski definition) is 1. The first kappa shape index (κ1) is 29.3. The first-order valence-corrected chi connectivity index (χ1v) is 15.7. The fourth-order valence-corrected chi connectivity index (χ4v) is 7.50. The van der Waals surface area contributed by atoms with Crippen molar-refractivity contribution in [1.29, 1.82) is 0 Å². The van der Waals surface area contributed by atoms with Gasteiger partial charge in [-0.1, -0.05) is 18.8 Å². The Morgan fingerprint density at radius 2 is 1.77 bits per heavy atom. The van der Waals surface area contributed by atoms with Gasteiger partial charge in [0.05, 0.1) is 16.9 Å². The van der Waals surface area contributed by atoms with Gasteiger partial charge >= 0.3 is 5.97 Å². The fourth-order valence-electron chi connectivity index (χ4n) is 5.22. The van der Waals surface area contributed by atoms with Crippen molar-refractivity contribution in [1.82, 2.24) is 13.9 Å². The van der Waals surface area contributed by atoms with E-state index in [9.17, 15) is 23.1 Å². The summed E-state index contributed by atoms with van der Waals surface area (Å²) in [6.07, 6.45) is 7.20. The number of aromatic carboxylic acids is 1. The molecule has 1 saturated heterocycles. The quantitative estimate of drug-likeness (QED) is 0.505. The second-order valence-corrected chi connectivity index (χ2v) is 14.7. The highest BCUT2D eigenvalue weighted by molar-refractivity contribution is 7.89. The first-order valence-electron chi connectivity index (χ1n) is 13.5. The van der Waals surface area contributed by atoms with Crippen molar-refractivity contribution in [3.05, 3.63) is 28.3 Å². The minimum absolute atomic E-state index is 0.000713. The normalized spacial score (nSPS) is 21.3. The lowest BCUT2D eigenvalue weighted by atomic mass is 9.82. The molecule has 0 spiro atoms. The van der Waals surface area contributed by atoms with Crippen LogP contribution < -0.4 is 4.90 Å². The van der Waals surface area contributed by atoms with Crippen molar-refractivity contribution in [2.75, 3.05) is 18.0 Å². The second kappa shape index (κ2) is 11.4. The maximum absolute atomic E-state index is 14.1. The molecule has 212 valence electrons. The van der Waals surface area contributed by atoms with Gasteiger partial charge in [-0.15, -0.1) is 11.3 Å². The molecule has 39 heavy (non-hydrogen) atoms. The highest BCUT2D eigenvalue weighted by Gasteiger charge is 2.39. The summed E-state index contributed by atoms with van der Waals surface area (Å²) in [6.45, 7) is 8.59. The van der Waals surface area contributed by atoms with Crippen molar-refractivity contribution in [2.24, 2.45) is 24.3 Å². The molecule has 1 aliphatic carbocycles. The number of carbonyl (C=O) groups is 2. The molecular weight excluding hydrogens is 536 g/mol. The summed E-state index contributed by atoms with van der Waals surface area (Å²) in [5, 5.41) is 10.1. The molecule has 3 heterocycles. The van der Waals surface area contributed by atoms with E-state index in [1.54, 1.807) is 22.6 Å². The molecule has 0 bridgehead atoms. The Labute approximate surface area is 235 Å². The van der Waals surface area contributed by atoms with Crippen molar-refractivity contribution < 1.29 is 23.1 Å². The van der Waals surface area contributed by atoms with Crippen LogP contribution in [0.3, 0.4) is 0 Å². The van der Waals surface area contributed by atoms with Crippen LogP contribution >= 0.6 is 11.3 Å².